The highest BCUT2D eigenvalue weighted by Crippen LogP contribution is 2.21. The van der Waals surface area contributed by atoms with Crippen molar-refractivity contribution in [1.82, 2.24) is 20.0 Å². The zero-order valence-corrected chi connectivity index (χ0v) is 14.2. The van der Waals surface area contributed by atoms with Crippen molar-refractivity contribution in [3.05, 3.63) is 77.5 Å². The maximum Gasteiger partial charge on any atom is 0.357 e. The third kappa shape index (κ3) is 3.64. The van der Waals surface area contributed by atoms with Crippen LogP contribution in [0.4, 0.5) is 10.1 Å². The quantitative estimate of drug-likeness (QED) is 0.487. The Bertz CT molecular complexity index is 1100. The number of rotatable bonds is 6. The van der Waals surface area contributed by atoms with E-state index < -0.39 is 5.97 Å². The molecule has 0 fully saturated rings. The topological polar surface area (TPSA) is 95.8 Å². The number of fused-ring (bicyclic) bond motifs is 1. The van der Waals surface area contributed by atoms with E-state index in [4.69, 9.17) is 0 Å². The molecule has 0 aliphatic heterocycles. The van der Waals surface area contributed by atoms with Crippen molar-refractivity contribution in [2.24, 2.45) is 0 Å². The number of hydrogen-bond donors (Lipinski definition) is 3. The van der Waals surface area contributed by atoms with Crippen LogP contribution in [0.5, 0.6) is 0 Å². The second-order valence-corrected chi connectivity index (χ2v) is 6.16. The minimum Gasteiger partial charge on any atom is -0.476 e. The molecule has 0 saturated carbocycles. The number of nitrogens with zero attached hydrogens (tertiary/aromatic N) is 3. The molecule has 0 saturated heterocycles. The Hall–Kier alpha value is -3.68. The van der Waals surface area contributed by atoms with Gasteiger partial charge in [0.1, 0.15) is 5.82 Å². The summed E-state index contributed by atoms with van der Waals surface area (Å²) < 4.78 is 14.8. The van der Waals surface area contributed by atoms with Crippen molar-refractivity contribution in [1.29, 1.82) is 0 Å². The summed E-state index contributed by atoms with van der Waals surface area (Å²) in [5, 5.41) is 23.8. The third-order valence-electron chi connectivity index (χ3n) is 4.21. The first-order chi connectivity index (χ1) is 13.1. The lowest BCUT2D eigenvalue weighted by Crippen LogP contribution is -2.01. The van der Waals surface area contributed by atoms with Gasteiger partial charge in [0.25, 0.3) is 0 Å². The molecular weight excluding hydrogens is 349 g/mol. The number of carbonyl (C=O) groups is 1. The highest BCUT2D eigenvalue weighted by atomic mass is 19.1. The van der Waals surface area contributed by atoms with Gasteiger partial charge in [-0.1, -0.05) is 12.1 Å². The normalized spacial score (nSPS) is 11.0. The van der Waals surface area contributed by atoms with E-state index in [0.29, 0.717) is 24.0 Å². The van der Waals surface area contributed by atoms with Crippen LogP contribution in [-0.4, -0.2) is 31.1 Å². The van der Waals surface area contributed by atoms with E-state index in [-0.39, 0.29) is 11.5 Å². The van der Waals surface area contributed by atoms with Crippen molar-refractivity contribution >= 4 is 22.6 Å². The molecule has 0 amide bonds. The fourth-order valence-electron chi connectivity index (χ4n) is 2.85. The highest BCUT2D eigenvalue weighted by Gasteiger charge is 2.12. The summed E-state index contributed by atoms with van der Waals surface area (Å²) >= 11 is 0. The molecule has 136 valence electrons. The van der Waals surface area contributed by atoms with Crippen LogP contribution in [-0.2, 0) is 13.1 Å². The molecule has 8 heteroatoms. The average Bonchev–Trinajstić information content (AvgIpc) is 3.28. The predicted molar refractivity (Wildman–Crippen MR) is 98.1 cm³/mol. The molecule has 4 rings (SSSR count). The molecule has 0 atom stereocenters. The SMILES string of the molecule is O=C(O)c1n[nH]c2ccc(NCc3cnn(Cc4ccc(F)cc4)c3)cc12. The van der Waals surface area contributed by atoms with E-state index in [1.807, 2.05) is 12.3 Å². The van der Waals surface area contributed by atoms with Crippen LogP contribution in [0.25, 0.3) is 10.9 Å². The number of H-pyrrole nitrogens is 1. The summed E-state index contributed by atoms with van der Waals surface area (Å²) in [6, 6.07) is 11.7. The number of aromatic carboxylic acids is 1. The minimum absolute atomic E-state index is 0.000711. The van der Waals surface area contributed by atoms with Gasteiger partial charge in [0.2, 0.25) is 0 Å². The fraction of sp³-hybridized carbons (Fsp3) is 0.105. The Morgan fingerprint density at radius 3 is 2.78 bits per heavy atom. The Kier molecular flexibility index (Phi) is 4.29. The van der Waals surface area contributed by atoms with Crippen molar-refractivity contribution in [2.45, 2.75) is 13.1 Å². The molecule has 0 bridgehead atoms. The zero-order chi connectivity index (χ0) is 18.8. The van der Waals surface area contributed by atoms with E-state index in [9.17, 15) is 14.3 Å². The molecule has 2 aromatic carbocycles. The van der Waals surface area contributed by atoms with Crippen molar-refractivity contribution < 1.29 is 14.3 Å². The third-order valence-corrected chi connectivity index (χ3v) is 4.21. The van der Waals surface area contributed by atoms with Crippen LogP contribution >= 0.6 is 0 Å². The Morgan fingerprint density at radius 1 is 1.19 bits per heavy atom. The van der Waals surface area contributed by atoms with Gasteiger partial charge >= 0.3 is 5.97 Å². The van der Waals surface area contributed by atoms with Crippen molar-refractivity contribution in [2.75, 3.05) is 5.32 Å². The van der Waals surface area contributed by atoms with Crippen LogP contribution in [0.3, 0.4) is 0 Å². The standard InChI is InChI=1S/C19H16FN5O2/c20-14-3-1-12(2-4-14)10-25-11-13(9-22-25)8-21-15-5-6-17-16(7-15)18(19(26)27)24-23-17/h1-7,9,11,21H,8,10H2,(H,23,24)(H,26,27). The lowest BCUT2D eigenvalue weighted by atomic mass is 10.2. The summed E-state index contributed by atoms with van der Waals surface area (Å²) in [5.74, 6) is -1.33. The number of nitrogens with one attached hydrogen (secondary N) is 2. The van der Waals surface area contributed by atoms with Crippen LogP contribution in [0, 0.1) is 5.82 Å². The van der Waals surface area contributed by atoms with Gasteiger partial charge < -0.3 is 10.4 Å². The minimum atomic E-state index is -1.07. The van der Waals surface area contributed by atoms with Crippen LogP contribution in [0.1, 0.15) is 21.6 Å². The van der Waals surface area contributed by atoms with E-state index in [1.54, 1.807) is 35.1 Å². The molecule has 27 heavy (non-hydrogen) atoms. The Morgan fingerprint density at radius 2 is 2.00 bits per heavy atom. The molecule has 0 aliphatic carbocycles. The molecular formula is C19H16FN5O2. The Balaban J connectivity index is 1.44. The van der Waals surface area contributed by atoms with E-state index in [1.165, 1.54) is 12.1 Å². The summed E-state index contributed by atoms with van der Waals surface area (Å²) in [5.41, 5.74) is 3.40. The summed E-state index contributed by atoms with van der Waals surface area (Å²) in [7, 11) is 0. The highest BCUT2D eigenvalue weighted by molar-refractivity contribution is 6.01. The van der Waals surface area contributed by atoms with Gasteiger partial charge in [0, 0.05) is 29.4 Å². The number of aromatic nitrogens is 4. The maximum atomic E-state index is 13.0. The zero-order valence-electron chi connectivity index (χ0n) is 14.2. The molecule has 0 aliphatic rings. The molecule has 0 spiro atoms. The smallest absolute Gasteiger partial charge is 0.357 e. The number of aromatic amines is 1. The first-order valence-electron chi connectivity index (χ1n) is 8.29. The number of anilines is 1. The first kappa shape index (κ1) is 16.8. The van der Waals surface area contributed by atoms with Gasteiger partial charge in [-0.15, -0.1) is 0 Å². The number of benzene rings is 2. The molecule has 2 aromatic heterocycles. The number of halogens is 1. The fourth-order valence-corrected chi connectivity index (χ4v) is 2.85. The average molecular weight is 365 g/mol. The van der Waals surface area contributed by atoms with Gasteiger partial charge in [-0.25, -0.2) is 9.18 Å². The lowest BCUT2D eigenvalue weighted by Gasteiger charge is -2.05. The summed E-state index contributed by atoms with van der Waals surface area (Å²) in [6.07, 6.45) is 3.67. The van der Waals surface area contributed by atoms with Crippen LogP contribution in [0.15, 0.2) is 54.9 Å². The van der Waals surface area contributed by atoms with Gasteiger partial charge in [0.15, 0.2) is 5.69 Å². The van der Waals surface area contributed by atoms with Crippen molar-refractivity contribution in [3.8, 4) is 0 Å². The molecule has 4 aromatic rings. The molecule has 0 unspecified atom stereocenters. The largest absolute Gasteiger partial charge is 0.476 e. The molecule has 2 heterocycles. The second-order valence-electron chi connectivity index (χ2n) is 6.16. The lowest BCUT2D eigenvalue weighted by molar-refractivity contribution is 0.0692. The second kappa shape index (κ2) is 6.91. The van der Waals surface area contributed by atoms with Gasteiger partial charge in [-0.2, -0.15) is 10.2 Å². The summed E-state index contributed by atoms with van der Waals surface area (Å²) in [4.78, 5) is 11.2. The van der Waals surface area contributed by atoms with E-state index in [0.717, 1.165) is 16.8 Å². The number of hydrogen-bond acceptors (Lipinski definition) is 4. The Labute approximate surface area is 153 Å². The van der Waals surface area contributed by atoms with Gasteiger partial charge in [-0.3, -0.25) is 9.78 Å². The maximum absolute atomic E-state index is 13.0. The first-order valence-corrected chi connectivity index (χ1v) is 8.29. The number of carboxylic acids is 1. The molecule has 0 radical (unpaired) electrons. The number of carboxylic acid groups (broad SMARTS) is 1. The monoisotopic (exact) mass is 365 g/mol. The predicted octanol–water partition coefficient (Wildman–Crippen LogP) is 3.26. The van der Waals surface area contributed by atoms with Gasteiger partial charge in [-0.05, 0) is 35.9 Å². The summed E-state index contributed by atoms with van der Waals surface area (Å²) in [6.45, 7) is 1.10. The van der Waals surface area contributed by atoms with E-state index >= 15 is 0 Å². The van der Waals surface area contributed by atoms with Crippen molar-refractivity contribution in [3.63, 3.8) is 0 Å². The molecule has 7 nitrogen and oxygen atoms in total. The van der Waals surface area contributed by atoms with Gasteiger partial charge in [0.05, 0.1) is 18.3 Å². The van der Waals surface area contributed by atoms with Crippen LogP contribution in [0.2, 0.25) is 0 Å². The van der Waals surface area contributed by atoms with E-state index in [2.05, 4.69) is 20.6 Å². The van der Waals surface area contributed by atoms with Crippen LogP contribution < -0.4 is 5.32 Å². The molecule has 3 N–H and O–H groups in total.